The lowest BCUT2D eigenvalue weighted by atomic mass is 10.0. The first kappa shape index (κ1) is 20.3. The van der Waals surface area contributed by atoms with Crippen molar-refractivity contribution in [3.05, 3.63) is 52.1 Å². The highest BCUT2D eigenvalue weighted by atomic mass is 19.1. The maximum Gasteiger partial charge on any atom is 0.334 e. The molecule has 0 fully saturated rings. The van der Waals surface area contributed by atoms with Crippen LogP contribution in [0.1, 0.15) is 32.9 Å². The number of carboxylic acid groups (broad SMARTS) is 1. The van der Waals surface area contributed by atoms with Gasteiger partial charge in [-0.25, -0.2) is 9.18 Å². The number of aryl methyl sites for hydroxylation is 1. The van der Waals surface area contributed by atoms with Crippen LogP contribution in [0.25, 0.3) is 11.6 Å². The number of hydrogen-bond donors (Lipinski definition) is 4. The lowest BCUT2D eigenvalue weighted by Crippen LogP contribution is -2.38. The number of H-pyrrole nitrogens is 1. The van der Waals surface area contributed by atoms with Gasteiger partial charge in [-0.05, 0) is 43.7 Å². The number of methoxy groups -OCH3 is 1. The van der Waals surface area contributed by atoms with E-state index in [1.807, 2.05) is 0 Å². The smallest absolute Gasteiger partial charge is 0.334 e. The van der Waals surface area contributed by atoms with Gasteiger partial charge in [0.05, 0.1) is 17.7 Å². The molecular formula is C20H20FN3O5. The molecule has 2 aromatic rings. The van der Waals surface area contributed by atoms with Gasteiger partial charge >= 0.3 is 5.97 Å². The van der Waals surface area contributed by atoms with E-state index < -0.39 is 23.8 Å². The van der Waals surface area contributed by atoms with E-state index in [0.29, 0.717) is 33.8 Å². The molecular weight excluding hydrogens is 381 g/mol. The summed E-state index contributed by atoms with van der Waals surface area (Å²) in [4.78, 5) is 38.9. The Hall–Kier alpha value is -3.46. The van der Waals surface area contributed by atoms with Crippen LogP contribution in [-0.2, 0) is 14.3 Å². The maximum absolute atomic E-state index is 13.6. The van der Waals surface area contributed by atoms with Crippen LogP contribution in [0.5, 0.6) is 0 Å². The number of hydrogen-bond acceptors (Lipinski definition) is 4. The van der Waals surface area contributed by atoms with E-state index in [2.05, 4.69) is 15.6 Å². The number of ether oxygens (including phenoxy) is 1. The normalized spacial score (nSPS) is 15.2. The number of carboxylic acids is 1. The lowest BCUT2D eigenvalue weighted by molar-refractivity contribution is -0.148. The van der Waals surface area contributed by atoms with Crippen molar-refractivity contribution in [2.45, 2.75) is 20.0 Å². The molecule has 0 aliphatic carbocycles. The molecule has 1 aliphatic rings. The average Bonchev–Trinajstić information content (AvgIpc) is 3.11. The molecule has 0 radical (unpaired) electrons. The van der Waals surface area contributed by atoms with E-state index in [0.717, 1.165) is 0 Å². The molecule has 1 unspecified atom stereocenters. The molecule has 1 aromatic carbocycles. The van der Waals surface area contributed by atoms with Crippen LogP contribution in [0.15, 0.2) is 18.2 Å². The first-order chi connectivity index (χ1) is 13.7. The van der Waals surface area contributed by atoms with Crippen LogP contribution in [0.4, 0.5) is 10.1 Å². The second-order valence-corrected chi connectivity index (χ2v) is 6.64. The Morgan fingerprint density at radius 2 is 2.07 bits per heavy atom. The third-order valence-electron chi connectivity index (χ3n) is 4.76. The van der Waals surface area contributed by atoms with Gasteiger partial charge in [-0.1, -0.05) is 0 Å². The van der Waals surface area contributed by atoms with Crippen molar-refractivity contribution in [1.82, 2.24) is 10.3 Å². The lowest BCUT2D eigenvalue weighted by Gasteiger charge is -2.11. The second kappa shape index (κ2) is 7.88. The third-order valence-corrected chi connectivity index (χ3v) is 4.76. The number of fused-ring (bicyclic) bond motifs is 1. The molecule has 9 heteroatoms. The number of rotatable bonds is 6. The van der Waals surface area contributed by atoms with Crippen molar-refractivity contribution in [2.75, 3.05) is 19.0 Å². The molecule has 0 bridgehead atoms. The third kappa shape index (κ3) is 3.90. The fourth-order valence-electron chi connectivity index (χ4n) is 3.25. The van der Waals surface area contributed by atoms with Crippen molar-refractivity contribution in [3.63, 3.8) is 0 Å². The van der Waals surface area contributed by atoms with Gasteiger partial charge in [0.25, 0.3) is 11.8 Å². The molecule has 152 valence electrons. The number of benzene rings is 1. The Labute approximate surface area is 165 Å². The van der Waals surface area contributed by atoms with Gasteiger partial charge in [-0.3, -0.25) is 9.59 Å². The molecule has 2 amide bonds. The predicted molar refractivity (Wildman–Crippen MR) is 104 cm³/mol. The van der Waals surface area contributed by atoms with E-state index >= 15 is 0 Å². The SMILES string of the molecule is COC(CNC(=O)c1c(C)[nH]c(C=C2C(=O)Nc3ccc(F)cc32)c1C)C(=O)O. The quantitative estimate of drug-likeness (QED) is 0.553. The summed E-state index contributed by atoms with van der Waals surface area (Å²) in [6.07, 6.45) is 0.406. The summed E-state index contributed by atoms with van der Waals surface area (Å²) >= 11 is 0. The summed E-state index contributed by atoms with van der Waals surface area (Å²) in [7, 11) is 1.25. The van der Waals surface area contributed by atoms with Crippen molar-refractivity contribution in [2.24, 2.45) is 0 Å². The zero-order valence-electron chi connectivity index (χ0n) is 16.1. The Morgan fingerprint density at radius 1 is 1.34 bits per heavy atom. The fraction of sp³-hybridized carbons (Fsp3) is 0.250. The highest BCUT2D eigenvalue weighted by molar-refractivity contribution is 6.34. The fourth-order valence-corrected chi connectivity index (χ4v) is 3.25. The number of halogens is 1. The van der Waals surface area contributed by atoms with Crippen LogP contribution in [0.3, 0.4) is 0 Å². The van der Waals surface area contributed by atoms with E-state index in [1.165, 1.54) is 25.3 Å². The van der Waals surface area contributed by atoms with Gasteiger partial charge in [-0.15, -0.1) is 0 Å². The predicted octanol–water partition coefficient (Wildman–Crippen LogP) is 2.09. The first-order valence-corrected chi connectivity index (χ1v) is 8.78. The molecule has 29 heavy (non-hydrogen) atoms. The minimum Gasteiger partial charge on any atom is -0.479 e. The van der Waals surface area contributed by atoms with Crippen molar-refractivity contribution in [1.29, 1.82) is 0 Å². The minimum atomic E-state index is -1.18. The summed E-state index contributed by atoms with van der Waals surface area (Å²) in [6, 6.07) is 4.03. The monoisotopic (exact) mass is 401 g/mol. The van der Waals surface area contributed by atoms with Crippen molar-refractivity contribution >= 4 is 35.1 Å². The zero-order chi connectivity index (χ0) is 21.3. The number of aromatic amines is 1. The largest absolute Gasteiger partial charge is 0.479 e. The molecule has 1 atom stereocenters. The number of nitrogens with one attached hydrogen (secondary N) is 3. The summed E-state index contributed by atoms with van der Waals surface area (Å²) < 4.78 is 18.4. The Kier molecular flexibility index (Phi) is 5.51. The number of anilines is 1. The number of carbonyl (C=O) groups is 3. The van der Waals surface area contributed by atoms with Crippen LogP contribution in [0, 0.1) is 19.7 Å². The zero-order valence-corrected chi connectivity index (χ0v) is 16.1. The number of aromatic nitrogens is 1. The standard InChI is InChI=1S/C20H20FN3O5/c1-9-15(7-13-12-6-11(21)4-5-14(12)24-18(13)25)23-10(2)17(9)19(26)22-8-16(29-3)20(27)28/h4-7,16,23H,8H2,1-3H3,(H,22,26)(H,24,25)(H,27,28). The molecule has 0 saturated heterocycles. The van der Waals surface area contributed by atoms with Crippen LogP contribution >= 0.6 is 0 Å². The molecule has 3 rings (SSSR count). The molecule has 0 saturated carbocycles. The second-order valence-electron chi connectivity index (χ2n) is 6.64. The highest BCUT2D eigenvalue weighted by Crippen LogP contribution is 2.34. The van der Waals surface area contributed by atoms with Crippen molar-refractivity contribution < 1.29 is 28.6 Å². The van der Waals surface area contributed by atoms with Gasteiger partial charge in [-0.2, -0.15) is 0 Å². The van der Waals surface area contributed by atoms with E-state index in [1.54, 1.807) is 19.9 Å². The number of aliphatic carboxylic acids is 1. The topological polar surface area (TPSA) is 121 Å². The average molecular weight is 401 g/mol. The molecule has 0 spiro atoms. The Bertz CT molecular complexity index is 1040. The summed E-state index contributed by atoms with van der Waals surface area (Å²) in [5.41, 5.74) is 3.23. The number of carbonyl (C=O) groups excluding carboxylic acids is 2. The summed E-state index contributed by atoms with van der Waals surface area (Å²) in [5.74, 6) is -2.48. The Morgan fingerprint density at radius 3 is 2.72 bits per heavy atom. The van der Waals surface area contributed by atoms with E-state index in [-0.39, 0.29) is 18.0 Å². The minimum absolute atomic E-state index is 0.194. The molecule has 1 aliphatic heterocycles. The van der Waals surface area contributed by atoms with Gasteiger partial charge in [0.15, 0.2) is 6.10 Å². The van der Waals surface area contributed by atoms with Crippen LogP contribution in [0.2, 0.25) is 0 Å². The summed E-state index contributed by atoms with van der Waals surface area (Å²) in [6.45, 7) is 3.20. The Balaban J connectivity index is 1.90. The molecule has 8 nitrogen and oxygen atoms in total. The molecule has 4 N–H and O–H groups in total. The number of amides is 2. The molecule has 2 heterocycles. The van der Waals surface area contributed by atoms with Gasteiger partial charge in [0, 0.05) is 29.7 Å². The van der Waals surface area contributed by atoms with Gasteiger partial charge < -0.3 is 25.5 Å². The maximum atomic E-state index is 13.6. The van der Waals surface area contributed by atoms with Crippen LogP contribution in [-0.4, -0.2) is 47.6 Å². The molecule has 1 aromatic heterocycles. The first-order valence-electron chi connectivity index (χ1n) is 8.78. The summed E-state index contributed by atoms with van der Waals surface area (Å²) in [5, 5.41) is 14.2. The van der Waals surface area contributed by atoms with Crippen molar-refractivity contribution in [3.8, 4) is 0 Å². The highest BCUT2D eigenvalue weighted by Gasteiger charge is 2.26. The van der Waals surface area contributed by atoms with Gasteiger partial charge in [0.2, 0.25) is 0 Å². The van der Waals surface area contributed by atoms with E-state index in [4.69, 9.17) is 9.84 Å². The van der Waals surface area contributed by atoms with Gasteiger partial charge in [0.1, 0.15) is 5.82 Å². The van der Waals surface area contributed by atoms with E-state index in [9.17, 15) is 18.8 Å². The van der Waals surface area contributed by atoms with Crippen LogP contribution < -0.4 is 10.6 Å².